The van der Waals surface area contributed by atoms with E-state index in [-0.39, 0.29) is 11.9 Å². The molecule has 0 saturated carbocycles. The Bertz CT molecular complexity index is 590. The van der Waals surface area contributed by atoms with Crippen LogP contribution in [0.25, 0.3) is 0 Å². The van der Waals surface area contributed by atoms with Crippen molar-refractivity contribution in [3.8, 4) is 0 Å². The van der Waals surface area contributed by atoms with E-state index in [0.29, 0.717) is 4.88 Å². The molecule has 0 fully saturated rings. The molecule has 6 heteroatoms. The normalized spacial score (nSPS) is 12.2. The average Bonchev–Trinajstić information content (AvgIpc) is 2.72. The molecule has 0 spiro atoms. The van der Waals surface area contributed by atoms with Gasteiger partial charge in [-0.3, -0.25) is 4.79 Å². The van der Waals surface area contributed by atoms with Crippen LogP contribution in [0, 0.1) is 0 Å². The maximum atomic E-state index is 12.1. The third-order valence-electron chi connectivity index (χ3n) is 2.70. The number of carbonyl (C=O) groups is 1. The van der Waals surface area contributed by atoms with Gasteiger partial charge < -0.3 is 5.32 Å². The van der Waals surface area contributed by atoms with Gasteiger partial charge in [-0.15, -0.1) is 11.3 Å². The van der Waals surface area contributed by atoms with Gasteiger partial charge in [0.2, 0.25) is 0 Å². The van der Waals surface area contributed by atoms with Gasteiger partial charge in [-0.25, -0.2) is 0 Å². The predicted octanol–water partition coefficient (Wildman–Crippen LogP) is 5.40. The van der Waals surface area contributed by atoms with E-state index in [2.05, 4.69) is 65.2 Å². The number of amides is 1. The molecule has 2 nitrogen and oxygen atoms in total. The minimum Gasteiger partial charge on any atom is -0.349 e. The molecule has 1 N–H and O–H groups in total. The number of thiophene rings is 1. The first-order valence-corrected chi connectivity index (χ1v) is 9.15. The van der Waals surface area contributed by atoms with Crippen LogP contribution in [0.1, 0.15) is 22.2 Å². The molecule has 0 aliphatic heterocycles. The molecule has 1 atom stereocenters. The van der Waals surface area contributed by atoms with Crippen molar-refractivity contribution in [1.82, 2.24) is 5.32 Å². The van der Waals surface area contributed by atoms with Gasteiger partial charge in [0.25, 0.3) is 5.91 Å². The van der Waals surface area contributed by atoms with E-state index < -0.39 is 0 Å². The van der Waals surface area contributed by atoms with E-state index >= 15 is 0 Å². The Morgan fingerprint density at radius 3 is 2.45 bits per heavy atom. The SMILES string of the molecule is CC(Cc1ccc(Br)cc1)NC(=O)c1cc(Br)c(Br)s1. The van der Waals surface area contributed by atoms with E-state index in [0.717, 1.165) is 19.2 Å². The van der Waals surface area contributed by atoms with Crippen LogP contribution in [0.4, 0.5) is 0 Å². The highest BCUT2D eigenvalue weighted by Crippen LogP contribution is 2.32. The van der Waals surface area contributed by atoms with Crippen molar-refractivity contribution >= 4 is 65.0 Å². The van der Waals surface area contributed by atoms with E-state index in [1.807, 2.05) is 25.1 Å². The summed E-state index contributed by atoms with van der Waals surface area (Å²) in [4.78, 5) is 12.8. The summed E-state index contributed by atoms with van der Waals surface area (Å²) in [5, 5.41) is 3.02. The minimum atomic E-state index is -0.0361. The molecule has 1 amide bonds. The highest BCUT2D eigenvalue weighted by molar-refractivity contribution is 9.13. The summed E-state index contributed by atoms with van der Waals surface area (Å²) < 4.78 is 2.91. The predicted molar refractivity (Wildman–Crippen MR) is 94.5 cm³/mol. The van der Waals surface area contributed by atoms with Gasteiger partial charge >= 0.3 is 0 Å². The quantitative estimate of drug-likeness (QED) is 0.622. The number of nitrogens with one attached hydrogen (secondary N) is 1. The lowest BCUT2D eigenvalue weighted by molar-refractivity contribution is 0.0944. The topological polar surface area (TPSA) is 29.1 Å². The molecule has 0 radical (unpaired) electrons. The summed E-state index contributed by atoms with van der Waals surface area (Å²) in [5.74, 6) is -0.0361. The number of halogens is 3. The van der Waals surface area contributed by atoms with Crippen LogP contribution in [-0.4, -0.2) is 11.9 Å². The molecule has 0 aliphatic rings. The Balaban J connectivity index is 1.95. The maximum absolute atomic E-state index is 12.1. The van der Waals surface area contributed by atoms with Crippen molar-refractivity contribution in [2.75, 3.05) is 0 Å². The molecule has 0 saturated heterocycles. The summed E-state index contributed by atoms with van der Waals surface area (Å²) >= 11 is 11.6. The molecule has 1 heterocycles. The van der Waals surface area contributed by atoms with Crippen LogP contribution in [0.15, 0.2) is 43.1 Å². The van der Waals surface area contributed by atoms with Crippen LogP contribution in [0.5, 0.6) is 0 Å². The molecule has 106 valence electrons. The fourth-order valence-electron chi connectivity index (χ4n) is 1.78. The van der Waals surface area contributed by atoms with Crippen molar-refractivity contribution in [3.05, 3.63) is 53.5 Å². The second-order valence-electron chi connectivity index (χ2n) is 4.44. The summed E-state index contributed by atoms with van der Waals surface area (Å²) in [6.07, 6.45) is 0.812. The Kier molecular flexibility index (Phi) is 5.84. The zero-order valence-electron chi connectivity index (χ0n) is 10.6. The third kappa shape index (κ3) is 4.41. The van der Waals surface area contributed by atoms with Crippen molar-refractivity contribution in [3.63, 3.8) is 0 Å². The first-order valence-electron chi connectivity index (χ1n) is 5.96. The molecule has 1 unspecified atom stereocenters. The van der Waals surface area contributed by atoms with Gasteiger partial charge in [-0.2, -0.15) is 0 Å². The molecule has 0 aliphatic carbocycles. The number of carbonyl (C=O) groups excluding carboxylic acids is 1. The van der Waals surface area contributed by atoms with Gasteiger partial charge in [0.15, 0.2) is 0 Å². The van der Waals surface area contributed by atoms with E-state index in [9.17, 15) is 4.79 Å². The Labute approximate surface area is 147 Å². The molecular weight excluding hydrogens is 470 g/mol. The van der Waals surface area contributed by atoms with Crippen molar-refractivity contribution in [1.29, 1.82) is 0 Å². The molecule has 2 rings (SSSR count). The number of hydrogen-bond acceptors (Lipinski definition) is 2. The Morgan fingerprint density at radius 2 is 1.90 bits per heavy atom. The van der Waals surface area contributed by atoms with Gasteiger partial charge in [-0.05, 0) is 69.0 Å². The number of rotatable bonds is 4. The lowest BCUT2D eigenvalue weighted by Crippen LogP contribution is -2.33. The third-order valence-corrected chi connectivity index (χ3v) is 6.49. The van der Waals surface area contributed by atoms with Crippen molar-refractivity contribution in [2.24, 2.45) is 0 Å². The first-order chi connectivity index (χ1) is 9.45. The molecule has 1 aromatic heterocycles. The second-order valence-corrected chi connectivity index (χ2v) is 8.58. The van der Waals surface area contributed by atoms with Gasteiger partial charge in [0.1, 0.15) is 0 Å². The minimum absolute atomic E-state index is 0.0361. The van der Waals surface area contributed by atoms with Crippen LogP contribution in [0.2, 0.25) is 0 Å². The smallest absolute Gasteiger partial charge is 0.261 e. The molecule has 20 heavy (non-hydrogen) atoms. The van der Waals surface area contributed by atoms with Crippen LogP contribution >= 0.6 is 59.1 Å². The highest BCUT2D eigenvalue weighted by Gasteiger charge is 2.14. The molecular formula is C14H12Br3NOS. The lowest BCUT2D eigenvalue weighted by Gasteiger charge is -2.13. The van der Waals surface area contributed by atoms with E-state index in [1.54, 1.807) is 0 Å². The average molecular weight is 482 g/mol. The number of benzene rings is 1. The summed E-state index contributed by atoms with van der Waals surface area (Å²) in [7, 11) is 0. The molecule has 1 aromatic carbocycles. The zero-order chi connectivity index (χ0) is 14.7. The standard InChI is InChI=1S/C14H12Br3NOS/c1-8(6-9-2-4-10(15)5-3-9)18-14(19)12-7-11(16)13(17)20-12/h2-5,7-8H,6H2,1H3,(H,18,19). The van der Waals surface area contributed by atoms with Crippen LogP contribution in [-0.2, 0) is 6.42 Å². The van der Waals surface area contributed by atoms with Crippen molar-refractivity contribution in [2.45, 2.75) is 19.4 Å². The maximum Gasteiger partial charge on any atom is 0.261 e. The molecule has 0 bridgehead atoms. The Morgan fingerprint density at radius 1 is 1.25 bits per heavy atom. The fraction of sp³-hybridized carbons (Fsp3) is 0.214. The summed E-state index contributed by atoms with van der Waals surface area (Å²) in [6.45, 7) is 2.01. The fourth-order valence-corrected chi connectivity index (χ4v) is 3.98. The van der Waals surface area contributed by atoms with Gasteiger partial charge in [-0.1, -0.05) is 28.1 Å². The van der Waals surface area contributed by atoms with E-state index in [1.165, 1.54) is 16.9 Å². The van der Waals surface area contributed by atoms with Crippen molar-refractivity contribution < 1.29 is 4.79 Å². The van der Waals surface area contributed by atoms with Crippen LogP contribution in [0.3, 0.4) is 0 Å². The largest absolute Gasteiger partial charge is 0.349 e. The second kappa shape index (κ2) is 7.20. The summed E-state index contributed by atoms with van der Waals surface area (Å²) in [5.41, 5.74) is 1.20. The molecule has 2 aromatic rings. The monoisotopic (exact) mass is 479 g/mol. The summed E-state index contributed by atoms with van der Waals surface area (Å²) in [6, 6.07) is 10.1. The zero-order valence-corrected chi connectivity index (χ0v) is 16.2. The van der Waals surface area contributed by atoms with Gasteiger partial charge in [0.05, 0.1) is 8.66 Å². The van der Waals surface area contributed by atoms with Gasteiger partial charge in [0, 0.05) is 15.0 Å². The van der Waals surface area contributed by atoms with E-state index in [4.69, 9.17) is 0 Å². The number of hydrogen-bond donors (Lipinski definition) is 1. The van der Waals surface area contributed by atoms with Crippen LogP contribution < -0.4 is 5.32 Å². The first kappa shape index (κ1) is 16.2. The Hall–Kier alpha value is -0.170. The lowest BCUT2D eigenvalue weighted by atomic mass is 10.1. The highest BCUT2D eigenvalue weighted by atomic mass is 79.9.